The molecule has 8 heteroatoms. The maximum Gasteiger partial charge on any atom is 0.274 e. The van der Waals surface area contributed by atoms with Crippen molar-refractivity contribution >= 4 is 11.6 Å². The summed E-state index contributed by atoms with van der Waals surface area (Å²) in [5.74, 6) is 0.361. The molecule has 2 aromatic heterocycles. The maximum absolute atomic E-state index is 13.4. The highest BCUT2D eigenvalue weighted by Gasteiger charge is 2.33. The Morgan fingerprint density at radius 2 is 1.89 bits per heavy atom. The van der Waals surface area contributed by atoms with Crippen molar-refractivity contribution < 1.29 is 4.79 Å². The highest BCUT2D eigenvalue weighted by Crippen LogP contribution is 2.37. The second-order valence-electron chi connectivity index (χ2n) is 9.81. The minimum absolute atomic E-state index is 0.158. The molecular formula is C29H32N6O2. The molecule has 0 spiro atoms. The number of nitrogens with zero attached hydrogens (tertiary/aromatic N) is 3. The standard InChI is InChI=1S/C29H32N6O2/c1-20-16-26(35(33-20)25-9-4-6-22(17-25)19-30)28(37)32-24-8-5-7-23(18-24)29(31,14-13-21-11-12-21)34-15-3-2-10-27(34)36/h2-10,15-18,21H,11-14,19,30-31H2,1H3,(H,32,37). The molecule has 37 heavy (non-hydrogen) atoms. The van der Waals surface area contributed by atoms with Gasteiger partial charge >= 0.3 is 0 Å². The third-order valence-electron chi connectivity index (χ3n) is 6.96. The lowest BCUT2D eigenvalue weighted by Gasteiger charge is -2.33. The van der Waals surface area contributed by atoms with Gasteiger partial charge in [0, 0.05) is 24.5 Å². The van der Waals surface area contributed by atoms with Crippen LogP contribution in [0.2, 0.25) is 0 Å². The van der Waals surface area contributed by atoms with Crippen LogP contribution in [0.25, 0.3) is 5.69 Å². The number of benzene rings is 2. The van der Waals surface area contributed by atoms with Gasteiger partial charge in [0.05, 0.1) is 11.4 Å². The highest BCUT2D eigenvalue weighted by molar-refractivity contribution is 6.03. The number of pyridine rings is 1. The zero-order valence-electron chi connectivity index (χ0n) is 20.9. The molecule has 1 atom stereocenters. The van der Waals surface area contributed by atoms with E-state index in [0.29, 0.717) is 30.3 Å². The molecule has 1 fully saturated rings. The molecule has 1 unspecified atom stereocenters. The van der Waals surface area contributed by atoms with Gasteiger partial charge in [-0.05, 0) is 73.2 Å². The quantitative estimate of drug-likeness (QED) is 0.324. The first kappa shape index (κ1) is 24.7. The largest absolute Gasteiger partial charge is 0.326 e. The van der Waals surface area contributed by atoms with Crippen molar-refractivity contribution in [1.82, 2.24) is 14.3 Å². The summed E-state index contributed by atoms with van der Waals surface area (Å²) in [5.41, 5.74) is 15.8. The third-order valence-corrected chi connectivity index (χ3v) is 6.96. The molecule has 1 amide bonds. The Labute approximate surface area is 215 Å². The van der Waals surface area contributed by atoms with E-state index in [-0.39, 0.29) is 11.5 Å². The van der Waals surface area contributed by atoms with Crippen molar-refractivity contribution in [3.8, 4) is 5.69 Å². The lowest BCUT2D eigenvalue weighted by atomic mass is 9.92. The molecule has 2 aromatic carbocycles. The number of aromatic nitrogens is 3. The molecule has 0 bridgehead atoms. The summed E-state index contributed by atoms with van der Waals surface area (Å²) in [6.45, 7) is 2.25. The summed E-state index contributed by atoms with van der Waals surface area (Å²) in [4.78, 5) is 26.2. The van der Waals surface area contributed by atoms with Crippen molar-refractivity contribution in [1.29, 1.82) is 0 Å². The summed E-state index contributed by atoms with van der Waals surface area (Å²) in [6, 6.07) is 21.9. The third kappa shape index (κ3) is 5.26. The molecule has 1 aliphatic carbocycles. The van der Waals surface area contributed by atoms with Gasteiger partial charge in [-0.1, -0.05) is 43.2 Å². The predicted molar refractivity (Wildman–Crippen MR) is 145 cm³/mol. The number of nitrogens with one attached hydrogen (secondary N) is 1. The number of carbonyl (C=O) groups is 1. The monoisotopic (exact) mass is 496 g/mol. The molecule has 2 heterocycles. The molecule has 5 rings (SSSR count). The fourth-order valence-electron chi connectivity index (χ4n) is 4.73. The number of aryl methyl sites for hydroxylation is 1. The van der Waals surface area contributed by atoms with Crippen LogP contribution >= 0.6 is 0 Å². The second-order valence-corrected chi connectivity index (χ2v) is 9.81. The van der Waals surface area contributed by atoms with E-state index >= 15 is 0 Å². The summed E-state index contributed by atoms with van der Waals surface area (Å²) in [7, 11) is 0. The summed E-state index contributed by atoms with van der Waals surface area (Å²) in [6.07, 6.45) is 5.71. The van der Waals surface area contributed by atoms with Crippen LogP contribution in [0.3, 0.4) is 0 Å². The van der Waals surface area contributed by atoms with Crippen LogP contribution < -0.4 is 22.3 Å². The van der Waals surface area contributed by atoms with Crippen LogP contribution in [-0.4, -0.2) is 20.3 Å². The Hall–Kier alpha value is -4.01. The smallest absolute Gasteiger partial charge is 0.274 e. The Kier molecular flexibility index (Phi) is 6.78. The molecular weight excluding hydrogens is 464 g/mol. The molecule has 0 radical (unpaired) electrons. The number of rotatable bonds is 9. The molecule has 0 saturated heterocycles. The van der Waals surface area contributed by atoms with Crippen molar-refractivity contribution in [3.05, 3.63) is 112 Å². The molecule has 190 valence electrons. The average Bonchev–Trinajstić information content (AvgIpc) is 3.66. The summed E-state index contributed by atoms with van der Waals surface area (Å²) in [5, 5.41) is 7.53. The zero-order valence-corrected chi connectivity index (χ0v) is 20.9. The van der Waals surface area contributed by atoms with Gasteiger partial charge in [-0.15, -0.1) is 0 Å². The highest BCUT2D eigenvalue weighted by atomic mass is 16.2. The molecule has 5 N–H and O–H groups in total. The van der Waals surface area contributed by atoms with Crippen LogP contribution in [0.5, 0.6) is 0 Å². The van der Waals surface area contributed by atoms with Gasteiger partial charge in [-0.2, -0.15) is 5.10 Å². The average molecular weight is 497 g/mol. The zero-order chi connectivity index (χ0) is 26.0. The normalized spacial score (nSPS) is 14.8. The Morgan fingerprint density at radius 3 is 2.65 bits per heavy atom. The first-order valence-electron chi connectivity index (χ1n) is 12.6. The van der Waals surface area contributed by atoms with Crippen LogP contribution in [0, 0.1) is 12.8 Å². The molecule has 8 nitrogen and oxygen atoms in total. The van der Waals surface area contributed by atoms with Crippen LogP contribution in [-0.2, 0) is 12.2 Å². The van der Waals surface area contributed by atoms with Gasteiger partial charge in [0.1, 0.15) is 11.4 Å². The van der Waals surface area contributed by atoms with Gasteiger partial charge < -0.3 is 16.8 Å². The molecule has 0 aliphatic heterocycles. The lowest BCUT2D eigenvalue weighted by Crippen LogP contribution is -2.49. The maximum atomic E-state index is 13.4. The lowest BCUT2D eigenvalue weighted by molar-refractivity contribution is 0.101. The van der Waals surface area contributed by atoms with Gasteiger partial charge in [-0.3, -0.25) is 14.2 Å². The Bertz CT molecular complexity index is 1490. The molecule has 1 saturated carbocycles. The molecule has 4 aromatic rings. The number of carbonyl (C=O) groups excluding carboxylic acids is 1. The van der Waals surface area contributed by atoms with E-state index in [1.165, 1.54) is 18.9 Å². The first-order chi connectivity index (χ1) is 17.9. The van der Waals surface area contributed by atoms with Crippen molar-refractivity contribution in [2.75, 3.05) is 5.32 Å². The second kappa shape index (κ2) is 10.2. The van der Waals surface area contributed by atoms with Crippen molar-refractivity contribution in [2.45, 2.75) is 44.8 Å². The van der Waals surface area contributed by atoms with E-state index in [9.17, 15) is 9.59 Å². The van der Waals surface area contributed by atoms with Gasteiger partial charge in [-0.25, -0.2) is 4.68 Å². The van der Waals surface area contributed by atoms with Crippen molar-refractivity contribution in [2.24, 2.45) is 17.4 Å². The first-order valence-corrected chi connectivity index (χ1v) is 12.6. The van der Waals surface area contributed by atoms with E-state index in [0.717, 1.165) is 28.9 Å². The number of amides is 1. The number of nitrogens with two attached hydrogens (primary N) is 2. The minimum Gasteiger partial charge on any atom is -0.326 e. The van der Waals surface area contributed by atoms with Gasteiger partial charge in [0.2, 0.25) is 0 Å². The number of hydrogen-bond donors (Lipinski definition) is 3. The minimum atomic E-state index is -1.03. The van der Waals surface area contributed by atoms with Gasteiger partial charge in [0.25, 0.3) is 11.5 Å². The Morgan fingerprint density at radius 1 is 1.08 bits per heavy atom. The predicted octanol–water partition coefficient (Wildman–Crippen LogP) is 3.90. The van der Waals surface area contributed by atoms with E-state index in [2.05, 4.69) is 10.4 Å². The SMILES string of the molecule is Cc1cc(C(=O)Nc2cccc(C(N)(CCC3CC3)n3ccccc3=O)c2)n(-c2cccc(CN)c2)n1. The van der Waals surface area contributed by atoms with Crippen LogP contribution in [0.4, 0.5) is 5.69 Å². The molecule has 1 aliphatic rings. The van der Waals surface area contributed by atoms with E-state index in [1.54, 1.807) is 27.6 Å². The van der Waals surface area contributed by atoms with Gasteiger partial charge in [0.15, 0.2) is 0 Å². The number of hydrogen-bond acceptors (Lipinski definition) is 5. The van der Waals surface area contributed by atoms with E-state index in [1.807, 2.05) is 61.5 Å². The van der Waals surface area contributed by atoms with Crippen LogP contribution in [0.15, 0.2) is 83.8 Å². The van der Waals surface area contributed by atoms with E-state index in [4.69, 9.17) is 11.5 Å². The number of anilines is 1. The fraction of sp³-hybridized carbons (Fsp3) is 0.276. The van der Waals surface area contributed by atoms with Crippen LogP contribution in [0.1, 0.15) is 53.0 Å². The fourth-order valence-corrected chi connectivity index (χ4v) is 4.73. The summed E-state index contributed by atoms with van der Waals surface area (Å²) < 4.78 is 3.22. The topological polar surface area (TPSA) is 121 Å². The summed E-state index contributed by atoms with van der Waals surface area (Å²) >= 11 is 0. The van der Waals surface area contributed by atoms with Crippen molar-refractivity contribution in [3.63, 3.8) is 0 Å². The Balaban J connectivity index is 1.46. The van der Waals surface area contributed by atoms with E-state index < -0.39 is 5.66 Å².